The summed E-state index contributed by atoms with van der Waals surface area (Å²) in [6, 6.07) is 156. The summed E-state index contributed by atoms with van der Waals surface area (Å²) in [6.07, 6.45) is 0. The van der Waals surface area contributed by atoms with Gasteiger partial charge in [-0.15, -0.1) is 68.0 Å². The molecular formula is C129H72N12S6. The van der Waals surface area contributed by atoms with Gasteiger partial charge in [-0.05, 0) is 166 Å². The molecule has 0 bridgehead atoms. The maximum absolute atomic E-state index is 5.35. The second kappa shape index (κ2) is 33.4. The number of anilines is 9. The van der Waals surface area contributed by atoms with Gasteiger partial charge < -0.3 is 0 Å². The lowest BCUT2D eigenvalue weighted by Gasteiger charge is -2.32. The van der Waals surface area contributed by atoms with Crippen LogP contribution >= 0.6 is 68.0 Å². The standard InChI is InChI=1S/3C43H24N4S2/c1-4-18-34-27(12-1)30-15-7-10-25-11-8-19-35(39(25)30)47(34)43-45-41(26-22-23-38-33(24-26)29-14-3-5-20-36(29)48-38)44-42(46-43)32-17-9-16-31-28-13-2-6-21-37(28)49-40(31)32;1-4-18-34-27(12-1)31-15-7-10-25-11-8-19-35(39(25)31)47(34)43-45-41(26-22-23-30-28-13-2-5-20-36(28)48-38(30)24-26)44-42(46-43)33-17-9-16-32-29-14-3-6-21-37(29)49-40(32)33;1-4-15-34-28(11-1)32-14-7-9-25-10-8-16-35(40(25)32)47(34)43-45-41(26-20-22-38-33(23-26)30-13-3-6-18-37(30)48-38)44-42(46-43)27-19-21-31-29-12-2-5-17-36(29)49-39(31)24-27/h3*1-24H. The molecule has 0 unspecified atom stereocenters. The summed E-state index contributed by atoms with van der Waals surface area (Å²) >= 11 is 10.8. The molecule has 0 aliphatic carbocycles. The average molecular weight is 1980 g/mol. The Morgan fingerprint density at radius 1 is 0.143 bits per heavy atom. The molecule has 684 valence electrons. The van der Waals surface area contributed by atoms with Gasteiger partial charge in [0, 0.05) is 187 Å². The van der Waals surface area contributed by atoms with Crippen LogP contribution in [0.4, 0.5) is 52.0 Å². The first-order valence-electron chi connectivity index (χ1n) is 48.8. The SMILES string of the molecule is c1ccc2c(c1)-c1cccc3cccc(c13)N2c1nc(-c2ccc3c(c2)sc2ccccc23)nc(-c2ccc3sc4ccccc4c3c2)n1.c1ccc2c(c1)-c1cccc3cccc(c13)N2c1nc(-c2ccc3c(c2)sc2ccccc23)nc(-c2cccc3c2sc2ccccc23)n1.c1ccc2c(c1)-c1cccc3cccc(c13)N2c1nc(-c2ccc3sc4ccccc4c3c2)nc(-c2cccc3c2sc2ccccc23)n1. The van der Waals surface area contributed by atoms with E-state index in [0.717, 1.165) is 84.2 Å². The zero-order valence-corrected chi connectivity index (χ0v) is 82.8. The van der Waals surface area contributed by atoms with Gasteiger partial charge in [-0.25, -0.2) is 15.0 Å². The highest BCUT2D eigenvalue weighted by molar-refractivity contribution is 7.28. The summed E-state index contributed by atoms with van der Waals surface area (Å²) in [5.74, 6) is 5.73. The first-order chi connectivity index (χ1) is 72.8. The molecule has 9 aromatic heterocycles. The number of hydrogen-bond acceptors (Lipinski definition) is 18. The van der Waals surface area contributed by atoms with Crippen molar-refractivity contribution < 1.29 is 0 Å². The maximum Gasteiger partial charge on any atom is 0.238 e. The van der Waals surface area contributed by atoms with E-state index in [4.69, 9.17) is 44.9 Å². The molecule has 0 saturated heterocycles. The Hall–Kier alpha value is -17.9. The number of fused-ring (bicyclic) bond motifs is 24. The highest BCUT2D eigenvalue weighted by Gasteiger charge is 2.35. The number of benzene rings is 21. The van der Waals surface area contributed by atoms with Crippen LogP contribution in [0.25, 0.3) is 255 Å². The molecule has 0 radical (unpaired) electrons. The number of thiophene rings is 6. The minimum Gasteiger partial charge on any atom is -0.278 e. The third-order valence-electron chi connectivity index (χ3n) is 29.0. The van der Waals surface area contributed by atoms with Crippen LogP contribution in [0, 0.1) is 0 Å². The highest BCUT2D eigenvalue weighted by atomic mass is 32.1. The van der Waals surface area contributed by atoms with Gasteiger partial charge in [0.2, 0.25) is 17.8 Å². The fraction of sp³-hybridized carbons (Fsp3) is 0. The first-order valence-corrected chi connectivity index (χ1v) is 53.7. The highest BCUT2D eigenvalue weighted by Crippen LogP contribution is 2.57. The van der Waals surface area contributed by atoms with Crippen LogP contribution < -0.4 is 14.7 Å². The van der Waals surface area contributed by atoms with E-state index in [9.17, 15) is 0 Å². The van der Waals surface area contributed by atoms with E-state index in [2.05, 4.69) is 451 Å². The van der Waals surface area contributed by atoms with Crippen molar-refractivity contribution in [2.45, 2.75) is 0 Å². The Bertz CT molecular complexity index is 10800. The summed E-state index contributed by atoms with van der Waals surface area (Å²) in [5.41, 5.74) is 19.4. The lowest BCUT2D eigenvalue weighted by atomic mass is 9.91. The van der Waals surface area contributed by atoms with Gasteiger partial charge in [-0.2, -0.15) is 29.9 Å². The molecule has 12 nitrogen and oxygen atoms in total. The zero-order chi connectivity index (χ0) is 96.2. The van der Waals surface area contributed by atoms with Gasteiger partial charge in [-0.3, -0.25) is 14.7 Å². The molecule has 0 amide bonds. The molecule has 0 saturated carbocycles. The molecular weight excluding hydrogens is 1910 g/mol. The van der Waals surface area contributed by atoms with Crippen LogP contribution in [0.2, 0.25) is 0 Å². The van der Waals surface area contributed by atoms with Crippen LogP contribution in [0.3, 0.4) is 0 Å². The summed E-state index contributed by atoms with van der Waals surface area (Å²) in [7, 11) is 0. The molecule has 21 aromatic carbocycles. The predicted molar refractivity (Wildman–Crippen MR) is 623 cm³/mol. The maximum atomic E-state index is 5.35. The van der Waals surface area contributed by atoms with Crippen LogP contribution in [0.1, 0.15) is 0 Å². The van der Waals surface area contributed by atoms with Crippen LogP contribution in [-0.2, 0) is 0 Å². The molecule has 147 heavy (non-hydrogen) atoms. The molecule has 33 rings (SSSR count). The molecule has 30 aromatic rings. The summed E-state index contributed by atoms with van der Waals surface area (Å²) < 4.78 is 14.9. The molecule has 3 aliphatic heterocycles. The molecule has 0 N–H and O–H groups in total. The van der Waals surface area contributed by atoms with Gasteiger partial charge in [0.1, 0.15) is 0 Å². The summed E-state index contributed by atoms with van der Waals surface area (Å²) in [5, 5.41) is 22.1. The molecule has 0 atom stereocenters. The van der Waals surface area contributed by atoms with E-state index in [1.165, 1.54) is 170 Å². The van der Waals surface area contributed by atoms with E-state index >= 15 is 0 Å². The normalized spacial score (nSPS) is 12.4. The summed E-state index contributed by atoms with van der Waals surface area (Å²) in [6.45, 7) is 0. The smallest absolute Gasteiger partial charge is 0.238 e. The Balaban J connectivity index is 0.0000000999. The quantitative estimate of drug-likeness (QED) is 0.137. The molecule has 0 spiro atoms. The Morgan fingerprint density at radius 3 is 0.735 bits per heavy atom. The second-order valence-electron chi connectivity index (χ2n) is 37.2. The fourth-order valence-corrected chi connectivity index (χ4v) is 29.3. The zero-order valence-electron chi connectivity index (χ0n) is 77.9. The van der Waals surface area contributed by atoms with Crippen molar-refractivity contribution in [3.8, 4) is 102 Å². The van der Waals surface area contributed by atoms with E-state index in [0.29, 0.717) is 52.8 Å². The fourth-order valence-electron chi connectivity index (χ4n) is 22.4. The Morgan fingerprint density at radius 2 is 0.374 bits per heavy atom. The van der Waals surface area contributed by atoms with E-state index in [1.807, 2.05) is 34.0 Å². The Labute approximate surface area is 864 Å². The molecule has 3 aliphatic rings. The minimum atomic E-state index is 0.598. The predicted octanol–water partition coefficient (Wildman–Crippen LogP) is 37.6. The van der Waals surface area contributed by atoms with E-state index < -0.39 is 0 Å². The number of aromatic nitrogens is 9. The van der Waals surface area contributed by atoms with Crippen LogP contribution in [0.15, 0.2) is 437 Å². The van der Waals surface area contributed by atoms with Crippen molar-refractivity contribution in [3.63, 3.8) is 0 Å². The largest absolute Gasteiger partial charge is 0.278 e. The minimum absolute atomic E-state index is 0.598. The monoisotopic (exact) mass is 1980 g/mol. The van der Waals surface area contributed by atoms with Crippen molar-refractivity contribution in [1.29, 1.82) is 0 Å². The van der Waals surface area contributed by atoms with Gasteiger partial charge >= 0.3 is 0 Å². The number of nitrogens with zero attached hydrogens (tertiary/aromatic N) is 12. The van der Waals surface area contributed by atoms with Crippen LogP contribution in [-0.4, -0.2) is 44.9 Å². The number of hydrogen-bond donors (Lipinski definition) is 0. The first kappa shape index (κ1) is 83.7. The number of rotatable bonds is 9. The Kier molecular flexibility index (Phi) is 19.0. The van der Waals surface area contributed by atoms with Crippen molar-refractivity contribution in [3.05, 3.63) is 437 Å². The van der Waals surface area contributed by atoms with Gasteiger partial charge in [0.15, 0.2) is 34.9 Å². The third kappa shape index (κ3) is 13.5. The molecule has 18 heteroatoms. The van der Waals surface area contributed by atoms with Gasteiger partial charge in [0.25, 0.3) is 0 Å². The van der Waals surface area contributed by atoms with Gasteiger partial charge in [0.05, 0.1) is 34.1 Å². The van der Waals surface area contributed by atoms with Crippen molar-refractivity contribution >= 4 is 273 Å². The van der Waals surface area contributed by atoms with Gasteiger partial charge in [-0.1, -0.05) is 303 Å². The summed E-state index contributed by atoms with van der Waals surface area (Å²) in [4.78, 5) is 54.3. The van der Waals surface area contributed by atoms with Crippen LogP contribution in [0.5, 0.6) is 0 Å². The van der Waals surface area contributed by atoms with E-state index in [-0.39, 0.29) is 0 Å². The average Bonchev–Trinajstić information content (AvgIpc) is 1.68. The topological polar surface area (TPSA) is 126 Å². The molecule has 0 fully saturated rings. The van der Waals surface area contributed by atoms with E-state index in [1.54, 1.807) is 34.0 Å². The molecule has 12 heterocycles. The van der Waals surface area contributed by atoms with Crippen molar-refractivity contribution in [1.82, 2.24) is 44.9 Å². The third-order valence-corrected chi connectivity index (χ3v) is 36.0. The lowest BCUT2D eigenvalue weighted by Crippen LogP contribution is -2.18. The second-order valence-corrected chi connectivity index (χ2v) is 43.7. The lowest BCUT2D eigenvalue weighted by molar-refractivity contribution is 1.02. The van der Waals surface area contributed by atoms with Crippen molar-refractivity contribution in [2.24, 2.45) is 0 Å². The number of para-hydroxylation sites is 3. The van der Waals surface area contributed by atoms with Crippen molar-refractivity contribution in [2.75, 3.05) is 14.7 Å².